The molecule has 3 heterocycles. The van der Waals surface area contributed by atoms with Crippen LogP contribution in [-0.4, -0.2) is 47.0 Å². The largest absolute Gasteiger partial charge is 0.496 e. The summed E-state index contributed by atoms with van der Waals surface area (Å²) < 4.78 is 18.1. The van der Waals surface area contributed by atoms with Crippen molar-refractivity contribution in [3.63, 3.8) is 0 Å². The monoisotopic (exact) mass is 422 g/mol. The van der Waals surface area contributed by atoms with Gasteiger partial charge in [-0.1, -0.05) is 6.07 Å². The zero-order chi connectivity index (χ0) is 22.0. The number of anilines is 2. The molecule has 1 atom stereocenters. The van der Waals surface area contributed by atoms with Gasteiger partial charge >= 0.3 is 0 Å². The molecule has 31 heavy (non-hydrogen) atoms. The fourth-order valence-electron chi connectivity index (χ4n) is 3.56. The van der Waals surface area contributed by atoms with E-state index < -0.39 is 6.04 Å². The molecule has 1 aliphatic rings. The molecular weight excluding hydrogens is 400 g/mol. The number of nitrogens with one attached hydrogen (secondary N) is 2. The summed E-state index contributed by atoms with van der Waals surface area (Å²) in [6.45, 7) is 1.81. The number of methoxy groups -OCH3 is 3. The molecule has 10 heteroatoms. The summed E-state index contributed by atoms with van der Waals surface area (Å²) in [6, 6.07) is 8.17. The summed E-state index contributed by atoms with van der Waals surface area (Å²) in [6.07, 6.45) is 3.04. The summed E-state index contributed by atoms with van der Waals surface area (Å²) in [5.41, 5.74) is 1.74. The Balaban J connectivity index is 1.86. The minimum atomic E-state index is -0.628. The van der Waals surface area contributed by atoms with E-state index in [9.17, 15) is 4.79 Å². The molecule has 0 saturated carbocycles. The van der Waals surface area contributed by atoms with Gasteiger partial charge in [-0.25, -0.2) is 9.67 Å². The molecule has 0 spiro atoms. The van der Waals surface area contributed by atoms with Gasteiger partial charge in [0.1, 0.15) is 23.9 Å². The Morgan fingerprint density at radius 1 is 1.06 bits per heavy atom. The number of rotatable bonds is 6. The SMILES string of the molecule is COc1cc(OC)c(C2C(C(=O)Nc3ccccn3)=C(C)Nc3ncnn32)cc1OC. The fraction of sp³-hybridized carbons (Fsp3) is 0.238. The molecule has 0 bridgehead atoms. The summed E-state index contributed by atoms with van der Waals surface area (Å²) in [5.74, 6) is 2.15. The van der Waals surface area contributed by atoms with Crippen LogP contribution in [0.1, 0.15) is 18.5 Å². The first-order chi connectivity index (χ1) is 15.1. The van der Waals surface area contributed by atoms with Crippen LogP contribution in [0.4, 0.5) is 11.8 Å². The van der Waals surface area contributed by atoms with Crippen molar-refractivity contribution in [2.24, 2.45) is 0 Å². The highest BCUT2D eigenvalue weighted by molar-refractivity contribution is 6.05. The van der Waals surface area contributed by atoms with E-state index in [4.69, 9.17) is 14.2 Å². The Morgan fingerprint density at radius 2 is 1.81 bits per heavy atom. The lowest BCUT2D eigenvalue weighted by atomic mass is 9.93. The molecule has 0 radical (unpaired) electrons. The normalized spacial score (nSPS) is 15.0. The van der Waals surface area contributed by atoms with Crippen molar-refractivity contribution >= 4 is 17.7 Å². The van der Waals surface area contributed by atoms with Crippen LogP contribution >= 0.6 is 0 Å². The number of hydrogen-bond donors (Lipinski definition) is 2. The van der Waals surface area contributed by atoms with Crippen LogP contribution in [0.15, 0.2) is 54.1 Å². The van der Waals surface area contributed by atoms with Gasteiger partial charge in [0.15, 0.2) is 11.5 Å². The Kier molecular flexibility index (Phi) is 5.44. The Bertz CT molecular complexity index is 1140. The number of nitrogens with zero attached hydrogens (tertiary/aromatic N) is 4. The van der Waals surface area contributed by atoms with Crippen LogP contribution in [0.25, 0.3) is 0 Å². The highest BCUT2D eigenvalue weighted by atomic mass is 16.5. The van der Waals surface area contributed by atoms with E-state index in [0.29, 0.717) is 45.8 Å². The molecule has 10 nitrogen and oxygen atoms in total. The number of aromatic nitrogens is 4. The van der Waals surface area contributed by atoms with E-state index in [1.807, 2.05) is 6.92 Å². The van der Waals surface area contributed by atoms with Crippen molar-refractivity contribution in [2.75, 3.05) is 32.0 Å². The first-order valence-corrected chi connectivity index (χ1v) is 9.47. The standard InChI is InChI=1S/C21H22N6O4/c1-12-18(20(28)26-17-7-5-6-8-22-17)19(27-21(25-12)23-11-24-27)13-9-15(30-3)16(31-4)10-14(13)29-2/h5-11,19H,1-4H3,(H,22,26,28)(H,23,24,25). The maximum absolute atomic E-state index is 13.4. The maximum atomic E-state index is 13.4. The van der Waals surface area contributed by atoms with Crippen molar-refractivity contribution in [2.45, 2.75) is 13.0 Å². The van der Waals surface area contributed by atoms with E-state index in [1.54, 1.807) is 62.5 Å². The number of amides is 1. The molecular formula is C21H22N6O4. The third kappa shape index (κ3) is 3.63. The summed E-state index contributed by atoms with van der Waals surface area (Å²) >= 11 is 0. The van der Waals surface area contributed by atoms with Gasteiger partial charge in [0.25, 0.3) is 5.91 Å². The summed E-state index contributed by atoms with van der Waals surface area (Å²) in [4.78, 5) is 21.8. The lowest BCUT2D eigenvalue weighted by Crippen LogP contribution is -2.32. The third-order valence-electron chi connectivity index (χ3n) is 4.98. The molecule has 4 rings (SSSR count). The molecule has 2 N–H and O–H groups in total. The predicted octanol–water partition coefficient (Wildman–Crippen LogP) is 2.63. The molecule has 1 amide bonds. The van der Waals surface area contributed by atoms with Gasteiger partial charge in [0, 0.05) is 23.5 Å². The molecule has 0 fully saturated rings. The van der Waals surface area contributed by atoms with Crippen molar-refractivity contribution in [3.8, 4) is 17.2 Å². The zero-order valence-electron chi connectivity index (χ0n) is 17.5. The first-order valence-electron chi connectivity index (χ1n) is 9.47. The number of carbonyl (C=O) groups excluding carboxylic acids is 1. The molecule has 1 aromatic carbocycles. The highest BCUT2D eigenvalue weighted by Crippen LogP contribution is 2.43. The van der Waals surface area contributed by atoms with Crippen LogP contribution in [0.2, 0.25) is 0 Å². The van der Waals surface area contributed by atoms with Crippen LogP contribution in [-0.2, 0) is 4.79 Å². The third-order valence-corrected chi connectivity index (χ3v) is 4.98. The van der Waals surface area contributed by atoms with Crippen molar-refractivity contribution in [1.29, 1.82) is 0 Å². The lowest BCUT2D eigenvalue weighted by Gasteiger charge is -2.30. The average molecular weight is 422 g/mol. The fourth-order valence-corrected chi connectivity index (χ4v) is 3.56. The lowest BCUT2D eigenvalue weighted by molar-refractivity contribution is -0.113. The van der Waals surface area contributed by atoms with E-state index in [0.717, 1.165) is 0 Å². The number of allylic oxidation sites excluding steroid dienone is 1. The molecule has 1 unspecified atom stereocenters. The average Bonchev–Trinajstić information content (AvgIpc) is 3.25. The second-order valence-corrected chi connectivity index (χ2v) is 6.71. The number of hydrogen-bond acceptors (Lipinski definition) is 8. The number of pyridine rings is 1. The number of fused-ring (bicyclic) bond motifs is 1. The second kappa shape index (κ2) is 8.34. The summed E-state index contributed by atoms with van der Waals surface area (Å²) in [5, 5.41) is 10.3. The second-order valence-electron chi connectivity index (χ2n) is 6.71. The molecule has 3 aromatic rings. The van der Waals surface area contributed by atoms with Crippen LogP contribution in [0, 0.1) is 0 Å². The molecule has 1 aliphatic heterocycles. The van der Waals surface area contributed by atoms with Crippen LogP contribution in [0.5, 0.6) is 17.2 Å². The van der Waals surface area contributed by atoms with E-state index in [2.05, 4.69) is 25.7 Å². The van der Waals surface area contributed by atoms with E-state index >= 15 is 0 Å². The van der Waals surface area contributed by atoms with Gasteiger partial charge in [-0.2, -0.15) is 10.1 Å². The van der Waals surface area contributed by atoms with E-state index in [1.165, 1.54) is 6.33 Å². The summed E-state index contributed by atoms with van der Waals surface area (Å²) in [7, 11) is 4.65. The Morgan fingerprint density at radius 3 is 2.48 bits per heavy atom. The number of ether oxygens (including phenoxy) is 3. The predicted molar refractivity (Wildman–Crippen MR) is 113 cm³/mol. The molecule has 160 valence electrons. The van der Waals surface area contributed by atoms with Crippen LogP contribution < -0.4 is 24.8 Å². The topological polar surface area (TPSA) is 112 Å². The quantitative estimate of drug-likeness (QED) is 0.623. The van der Waals surface area contributed by atoms with Gasteiger partial charge in [-0.15, -0.1) is 0 Å². The Labute approximate surface area is 178 Å². The Hall–Kier alpha value is -4.08. The highest BCUT2D eigenvalue weighted by Gasteiger charge is 2.36. The molecule has 2 aromatic heterocycles. The van der Waals surface area contributed by atoms with Crippen molar-refractivity contribution < 1.29 is 19.0 Å². The van der Waals surface area contributed by atoms with Gasteiger partial charge in [0.05, 0.1) is 26.9 Å². The van der Waals surface area contributed by atoms with Crippen molar-refractivity contribution in [1.82, 2.24) is 19.7 Å². The maximum Gasteiger partial charge on any atom is 0.257 e. The first kappa shape index (κ1) is 20.2. The number of carbonyl (C=O) groups is 1. The van der Waals surface area contributed by atoms with Crippen molar-refractivity contribution in [3.05, 3.63) is 59.7 Å². The molecule has 0 aliphatic carbocycles. The minimum absolute atomic E-state index is 0.327. The van der Waals surface area contributed by atoms with E-state index in [-0.39, 0.29) is 5.91 Å². The smallest absolute Gasteiger partial charge is 0.257 e. The zero-order valence-corrected chi connectivity index (χ0v) is 17.5. The van der Waals surface area contributed by atoms with Gasteiger partial charge < -0.3 is 24.8 Å². The number of benzene rings is 1. The van der Waals surface area contributed by atoms with Crippen LogP contribution in [0.3, 0.4) is 0 Å². The van der Waals surface area contributed by atoms with Gasteiger partial charge in [-0.3, -0.25) is 4.79 Å². The molecule has 0 saturated heterocycles. The van der Waals surface area contributed by atoms with Gasteiger partial charge in [-0.05, 0) is 25.1 Å². The minimum Gasteiger partial charge on any atom is -0.496 e. The van der Waals surface area contributed by atoms with Gasteiger partial charge in [0.2, 0.25) is 5.95 Å².